The van der Waals surface area contributed by atoms with Crippen LogP contribution in [0, 0.1) is 16.7 Å². The van der Waals surface area contributed by atoms with Crippen LogP contribution in [0.25, 0.3) is 0 Å². The highest BCUT2D eigenvalue weighted by Gasteiger charge is 2.28. The third-order valence-electron chi connectivity index (χ3n) is 2.76. The number of hydrogen-bond donors (Lipinski definition) is 1. The van der Waals surface area contributed by atoms with Crippen molar-refractivity contribution in [2.45, 2.75) is 33.2 Å². The first-order valence-corrected chi connectivity index (χ1v) is 5.77. The summed E-state index contributed by atoms with van der Waals surface area (Å²) in [5.41, 5.74) is 5.96. The van der Waals surface area contributed by atoms with Gasteiger partial charge in [-0.05, 0) is 5.41 Å². The number of nitriles is 1. The van der Waals surface area contributed by atoms with Gasteiger partial charge in [0.1, 0.15) is 0 Å². The number of ether oxygens (including phenoxy) is 1. The predicted octanol–water partition coefficient (Wildman–Crippen LogP) is 1.22. The van der Waals surface area contributed by atoms with Crippen LogP contribution in [0.2, 0.25) is 0 Å². The van der Waals surface area contributed by atoms with Crippen LogP contribution in [-0.2, 0) is 4.74 Å². The molecule has 0 saturated carbocycles. The van der Waals surface area contributed by atoms with E-state index in [0.29, 0.717) is 19.6 Å². The second kappa shape index (κ2) is 7.61. The average molecular weight is 227 g/mol. The van der Waals surface area contributed by atoms with Crippen LogP contribution in [0.5, 0.6) is 0 Å². The quantitative estimate of drug-likeness (QED) is 0.710. The molecule has 0 aromatic heterocycles. The molecule has 0 aromatic rings. The first-order valence-electron chi connectivity index (χ1n) is 5.77. The van der Waals surface area contributed by atoms with Crippen LogP contribution < -0.4 is 5.73 Å². The van der Waals surface area contributed by atoms with E-state index in [0.717, 1.165) is 13.1 Å². The number of rotatable bonds is 7. The Morgan fingerprint density at radius 3 is 2.38 bits per heavy atom. The van der Waals surface area contributed by atoms with Gasteiger partial charge in [-0.25, -0.2) is 0 Å². The summed E-state index contributed by atoms with van der Waals surface area (Å²) in [6.07, 6.45) is 0.538. The molecule has 1 atom stereocenters. The molecule has 16 heavy (non-hydrogen) atoms. The number of hydrogen-bond acceptors (Lipinski definition) is 4. The van der Waals surface area contributed by atoms with Crippen molar-refractivity contribution < 1.29 is 4.74 Å². The second-order valence-corrected chi connectivity index (χ2v) is 5.05. The van der Waals surface area contributed by atoms with Gasteiger partial charge in [-0.15, -0.1) is 0 Å². The molecule has 1 unspecified atom stereocenters. The van der Waals surface area contributed by atoms with Crippen LogP contribution in [0.1, 0.15) is 27.2 Å². The third kappa shape index (κ3) is 5.45. The molecular weight excluding hydrogens is 202 g/mol. The van der Waals surface area contributed by atoms with Crippen molar-refractivity contribution in [1.82, 2.24) is 4.90 Å². The number of methoxy groups -OCH3 is 1. The highest BCUT2D eigenvalue weighted by Crippen LogP contribution is 2.23. The lowest BCUT2D eigenvalue weighted by Crippen LogP contribution is -2.50. The van der Waals surface area contributed by atoms with E-state index in [1.165, 1.54) is 0 Å². The lowest BCUT2D eigenvalue weighted by Gasteiger charge is -2.39. The Kier molecular flexibility index (Phi) is 7.31. The fourth-order valence-corrected chi connectivity index (χ4v) is 1.88. The zero-order valence-electron chi connectivity index (χ0n) is 11.0. The predicted molar refractivity (Wildman–Crippen MR) is 66.0 cm³/mol. The normalized spacial score (nSPS) is 13.8. The summed E-state index contributed by atoms with van der Waals surface area (Å²) < 4.78 is 5.09. The molecule has 2 N–H and O–H groups in total. The van der Waals surface area contributed by atoms with Crippen LogP contribution in [0.4, 0.5) is 0 Å². The summed E-state index contributed by atoms with van der Waals surface area (Å²) in [6.45, 7) is 9.41. The molecule has 0 bridgehead atoms. The van der Waals surface area contributed by atoms with Crippen LogP contribution in [0.15, 0.2) is 0 Å². The fourth-order valence-electron chi connectivity index (χ4n) is 1.88. The van der Waals surface area contributed by atoms with Gasteiger partial charge in [-0.3, -0.25) is 4.90 Å². The molecule has 0 heterocycles. The molecule has 0 aromatic carbocycles. The largest absolute Gasteiger partial charge is 0.383 e. The molecule has 4 heteroatoms. The van der Waals surface area contributed by atoms with Gasteiger partial charge in [-0.1, -0.05) is 20.8 Å². The van der Waals surface area contributed by atoms with Crippen LogP contribution in [0.3, 0.4) is 0 Å². The summed E-state index contributed by atoms with van der Waals surface area (Å²) in [5, 5.41) is 8.66. The summed E-state index contributed by atoms with van der Waals surface area (Å²) in [7, 11) is 1.69. The van der Waals surface area contributed by atoms with Crippen LogP contribution >= 0.6 is 0 Å². The Morgan fingerprint density at radius 1 is 1.38 bits per heavy atom. The molecule has 0 rings (SSSR count). The van der Waals surface area contributed by atoms with Crippen molar-refractivity contribution in [2.75, 3.05) is 33.4 Å². The summed E-state index contributed by atoms with van der Waals surface area (Å²) in [5.74, 6) is 0. The van der Waals surface area contributed by atoms with Crippen molar-refractivity contribution in [3.8, 4) is 6.07 Å². The third-order valence-corrected chi connectivity index (χ3v) is 2.76. The van der Waals surface area contributed by atoms with Gasteiger partial charge < -0.3 is 10.5 Å². The fraction of sp³-hybridized carbons (Fsp3) is 0.917. The zero-order chi connectivity index (χ0) is 12.6. The molecule has 0 aliphatic carbocycles. The first-order chi connectivity index (χ1) is 7.47. The number of nitrogens with two attached hydrogens (primary N) is 1. The van der Waals surface area contributed by atoms with E-state index in [4.69, 9.17) is 15.7 Å². The Labute approximate surface area is 99.4 Å². The van der Waals surface area contributed by atoms with E-state index in [2.05, 4.69) is 31.7 Å². The minimum absolute atomic E-state index is 0.123. The first kappa shape index (κ1) is 15.4. The summed E-state index contributed by atoms with van der Waals surface area (Å²) in [6, 6.07) is 2.47. The van der Waals surface area contributed by atoms with Gasteiger partial charge in [0.15, 0.2) is 0 Å². The minimum Gasteiger partial charge on any atom is -0.383 e. The lowest BCUT2D eigenvalue weighted by atomic mass is 9.85. The van der Waals surface area contributed by atoms with Gasteiger partial charge in [0.25, 0.3) is 0 Å². The molecule has 94 valence electrons. The van der Waals surface area contributed by atoms with Crippen LogP contribution in [-0.4, -0.2) is 44.3 Å². The maximum Gasteiger partial charge on any atom is 0.0635 e. The van der Waals surface area contributed by atoms with Gasteiger partial charge in [0.2, 0.25) is 0 Å². The summed E-state index contributed by atoms with van der Waals surface area (Å²) in [4.78, 5) is 2.26. The van der Waals surface area contributed by atoms with Gasteiger partial charge in [-0.2, -0.15) is 5.26 Å². The van der Waals surface area contributed by atoms with Crippen molar-refractivity contribution in [1.29, 1.82) is 5.26 Å². The standard InChI is InChI=1S/C12H25N3O/c1-12(2,3)11(10-14)15(7-5-6-13)8-9-16-4/h11H,5,7-10,14H2,1-4H3. The highest BCUT2D eigenvalue weighted by molar-refractivity contribution is 4.85. The van der Waals surface area contributed by atoms with E-state index < -0.39 is 0 Å². The monoisotopic (exact) mass is 227 g/mol. The molecule has 0 amide bonds. The van der Waals surface area contributed by atoms with E-state index in [-0.39, 0.29) is 11.5 Å². The SMILES string of the molecule is COCCN(CCC#N)C(CN)C(C)(C)C. The zero-order valence-corrected chi connectivity index (χ0v) is 11.0. The summed E-state index contributed by atoms with van der Waals surface area (Å²) >= 11 is 0. The van der Waals surface area contributed by atoms with Crippen molar-refractivity contribution >= 4 is 0 Å². The van der Waals surface area contributed by atoms with E-state index in [1.54, 1.807) is 7.11 Å². The Bertz CT molecular complexity index is 217. The Hall–Kier alpha value is -0.630. The number of nitrogens with zero attached hydrogens (tertiary/aromatic N) is 2. The maximum atomic E-state index is 8.66. The van der Waals surface area contributed by atoms with Crippen molar-refractivity contribution in [3.63, 3.8) is 0 Å². The van der Waals surface area contributed by atoms with Crippen molar-refractivity contribution in [2.24, 2.45) is 11.1 Å². The van der Waals surface area contributed by atoms with Gasteiger partial charge in [0.05, 0.1) is 12.7 Å². The Morgan fingerprint density at radius 2 is 2.00 bits per heavy atom. The van der Waals surface area contributed by atoms with Gasteiger partial charge >= 0.3 is 0 Å². The van der Waals surface area contributed by atoms with Gasteiger partial charge in [0, 0.05) is 39.2 Å². The van der Waals surface area contributed by atoms with Crippen molar-refractivity contribution in [3.05, 3.63) is 0 Å². The average Bonchev–Trinajstić information content (AvgIpc) is 2.20. The molecule has 4 nitrogen and oxygen atoms in total. The topological polar surface area (TPSA) is 62.3 Å². The highest BCUT2D eigenvalue weighted by atomic mass is 16.5. The second-order valence-electron chi connectivity index (χ2n) is 5.05. The lowest BCUT2D eigenvalue weighted by molar-refractivity contribution is 0.0732. The molecule has 0 radical (unpaired) electrons. The molecule has 0 aliphatic rings. The minimum atomic E-state index is 0.123. The molecule has 0 saturated heterocycles. The smallest absolute Gasteiger partial charge is 0.0635 e. The molecule has 0 aliphatic heterocycles. The molecular formula is C12H25N3O. The van der Waals surface area contributed by atoms with E-state index >= 15 is 0 Å². The maximum absolute atomic E-state index is 8.66. The Balaban J connectivity index is 4.50. The van der Waals surface area contributed by atoms with E-state index in [9.17, 15) is 0 Å². The molecule has 0 spiro atoms. The van der Waals surface area contributed by atoms with E-state index in [1.807, 2.05) is 0 Å². The molecule has 0 fully saturated rings.